The third-order valence-corrected chi connectivity index (χ3v) is 3.82. The lowest BCUT2D eigenvalue weighted by molar-refractivity contribution is 0.0988. The zero-order valence-electron chi connectivity index (χ0n) is 10.4. The maximum absolute atomic E-state index is 11.8. The highest BCUT2D eigenvalue weighted by Crippen LogP contribution is 2.11. The number of aliphatic hydroxyl groups excluding tert-OH is 1. The number of nitrogens with one attached hydrogen (secondary N) is 1. The number of sulfonamides is 1. The largest absolute Gasteiger partial charge is 0.392 e. The van der Waals surface area contributed by atoms with Crippen molar-refractivity contribution in [3.63, 3.8) is 0 Å². The second-order valence-electron chi connectivity index (χ2n) is 4.00. The molecular formula is C12H17NO4S. The Bertz CT molecular complexity index is 505. The van der Waals surface area contributed by atoms with Gasteiger partial charge in [-0.3, -0.25) is 4.79 Å². The molecule has 0 amide bonds. The number of aliphatic hydroxyl groups is 1. The van der Waals surface area contributed by atoms with Crippen LogP contribution in [0.1, 0.15) is 30.6 Å². The normalized spacial score (nSPS) is 13.3. The maximum Gasteiger partial charge on any atom is 0.240 e. The predicted molar refractivity (Wildman–Crippen MR) is 67.9 cm³/mol. The smallest absolute Gasteiger partial charge is 0.240 e. The van der Waals surface area contributed by atoms with Crippen LogP contribution in [-0.4, -0.2) is 32.0 Å². The van der Waals surface area contributed by atoms with Gasteiger partial charge in [-0.15, -0.1) is 0 Å². The minimum atomic E-state index is -3.63. The molecule has 0 aliphatic carbocycles. The van der Waals surface area contributed by atoms with Gasteiger partial charge in [0, 0.05) is 18.5 Å². The van der Waals surface area contributed by atoms with Gasteiger partial charge in [0.2, 0.25) is 10.0 Å². The zero-order valence-corrected chi connectivity index (χ0v) is 11.2. The molecule has 0 spiro atoms. The van der Waals surface area contributed by atoms with Crippen LogP contribution in [-0.2, 0) is 10.0 Å². The maximum atomic E-state index is 11.8. The summed E-state index contributed by atoms with van der Waals surface area (Å²) in [5, 5.41) is 9.04. The summed E-state index contributed by atoms with van der Waals surface area (Å²) in [4.78, 5) is 11.5. The molecule has 0 bridgehead atoms. The van der Waals surface area contributed by atoms with Gasteiger partial charge in [-0.05, 0) is 19.1 Å². The first-order valence-electron chi connectivity index (χ1n) is 5.68. The number of hydrogen-bond acceptors (Lipinski definition) is 4. The van der Waals surface area contributed by atoms with Crippen molar-refractivity contribution in [2.24, 2.45) is 0 Å². The highest BCUT2D eigenvalue weighted by molar-refractivity contribution is 7.89. The second kappa shape index (κ2) is 6.08. The van der Waals surface area contributed by atoms with Crippen LogP contribution in [0.15, 0.2) is 29.2 Å². The van der Waals surface area contributed by atoms with E-state index in [0.29, 0.717) is 12.0 Å². The lowest BCUT2D eigenvalue weighted by Gasteiger charge is -2.08. The Morgan fingerprint density at radius 2 is 1.89 bits per heavy atom. The number of hydrogen-bond donors (Lipinski definition) is 2. The van der Waals surface area contributed by atoms with E-state index in [1.807, 2.05) is 0 Å². The average molecular weight is 271 g/mol. The van der Waals surface area contributed by atoms with Gasteiger partial charge in [0.15, 0.2) is 5.78 Å². The van der Waals surface area contributed by atoms with E-state index in [0.717, 1.165) is 0 Å². The molecule has 2 N–H and O–H groups in total. The molecule has 5 nitrogen and oxygen atoms in total. The molecule has 0 aliphatic heterocycles. The van der Waals surface area contributed by atoms with Crippen molar-refractivity contribution in [1.82, 2.24) is 4.72 Å². The lowest BCUT2D eigenvalue weighted by Crippen LogP contribution is -2.30. The quantitative estimate of drug-likeness (QED) is 0.754. The zero-order chi connectivity index (χ0) is 13.8. The number of rotatable bonds is 6. The monoisotopic (exact) mass is 271 g/mol. The average Bonchev–Trinajstić information content (AvgIpc) is 2.36. The van der Waals surface area contributed by atoms with Crippen molar-refractivity contribution in [1.29, 1.82) is 0 Å². The standard InChI is InChI=1S/C12H17NO4S/c1-3-12(15)10-4-6-11(7-5-10)18(16,17)13-8-9(2)14/h4-7,9,13-14H,3,8H2,1-2H3. The number of carbonyl (C=O) groups is 1. The lowest BCUT2D eigenvalue weighted by atomic mass is 10.1. The molecule has 18 heavy (non-hydrogen) atoms. The summed E-state index contributed by atoms with van der Waals surface area (Å²) < 4.78 is 25.8. The molecule has 0 radical (unpaired) electrons. The molecule has 0 heterocycles. The predicted octanol–water partition coefficient (Wildman–Crippen LogP) is 0.938. The van der Waals surface area contributed by atoms with E-state index in [9.17, 15) is 13.2 Å². The van der Waals surface area contributed by atoms with Crippen molar-refractivity contribution in [3.8, 4) is 0 Å². The van der Waals surface area contributed by atoms with Crippen molar-refractivity contribution in [2.45, 2.75) is 31.3 Å². The SMILES string of the molecule is CCC(=O)c1ccc(S(=O)(=O)NCC(C)O)cc1. The van der Waals surface area contributed by atoms with Gasteiger partial charge in [0.1, 0.15) is 0 Å². The van der Waals surface area contributed by atoms with E-state index in [1.165, 1.54) is 31.2 Å². The summed E-state index contributed by atoms with van der Waals surface area (Å²) in [7, 11) is -3.63. The van der Waals surface area contributed by atoms with Crippen LogP contribution < -0.4 is 4.72 Å². The highest BCUT2D eigenvalue weighted by Gasteiger charge is 2.14. The molecule has 0 fully saturated rings. The molecular weight excluding hydrogens is 254 g/mol. The van der Waals surface area contributed by atoms with Crippen molar-refractivity contribution in [2.75, 3.05) is 6.54 Å². The summed E-state index contributed by atoms with van der Waals surface area (Å²) >= 11 is 0. The van der Waals surface area contributed by atoms with Crippen molar-refractivity contribution < 1.29 is 18.3 Å². The van der Waals surface area contributed by atoms with Gasteiger partial charge in [-0.25, -0.2) is 13.1 Å². The fourth-order valence-corrected chi connectivity index (χ4v) is 2.46. The Morgan fingerprint density at radius 1 is 1.33 bits per heavy atom. The Balaban J connectivity index is 2.87. The van der Waals surface area contributed by atoms with Gasteiger partial charge >= 0.3 is 0 Å². The third kappa shape index (κ3) is 3.90. The number of ketones is 1. The van der Waals surface area contributed by atoms with Crippen LogP contribution in [0.5, 0.6) is 0 Å². The van der Waals surface area contributed by atoms with Gasteiger partial charge in [-0.2, -0.15) is 0 Å². The topological polar surface area (TPSA) is 83.5 Å². The van der Waals surface area contributed by atoms with Gasteiger partial charge in [0.25, 0.3) is 0 Å². The Morgan fingerprint density at radius 3 is 2.33 bits per heavy atom. The molecule has 1 atom stereocenters. The number of carbonyl (C=O) groups excluding carboxylic acids is 1. The van der Waals surface area contributed by atoms with E-state index in [2.05, 4.69) is 4.72 Å². The van der Waals surface area contributed by atoms with Crippen LogP contribution >= 0.6 is 0 Å². The molecule has 1 rings (SSSR count). The molecule has 0 aromatic heterocycles. The van der Waals surface area contributed by atoms with Crippen LogP contribution in [0.3, 0.4) is 0 Å². The number of Topliss-reactive ketones (excluding diaryl/α,β-unsaturated/α-hetero) is 1. The summed E-state index contributed by atoms with van der Waals surface area (Å²) in [6.45, 7) is 3.20. The second-order valence-corrected chi connectivity index (χ2v) is 5.77. The van der Waals surface area contributed by atoms with Crippen LogP contribution in [0.4, 0.5) is 0 Å². The fourth-order valence-electron chi connectivity index (χ4n) is 1.34. The summed E-state index contributed by atoms with van der Waals surface area (Å²) in [5.41, 5.74) is 0.493. The fraction of sp³-hybridized carbons (Fsp3) is 0.417. The third-order valence-electron chi connectivity index (χ3n) is 2.38. The van der Waals surface area contributed by atoms with Crippen LogP contribution in [0.25, 0.3) is 0 Å². The van der Waals surface area contributed by atoms with Crippen molar-refractivity contribution >= 4 is 15.8 Å². The molecule has 0 saturated carbocycles. The molecule has 0 aliphatic rings. The van der Waals surface area contributed by atoms with E-state index in [1.54, 1.807) is 6.92 Å². The van der Waals surface area contributed by atoms with E-state index in [4.69, 9.17) is 5.11 Å². The summed E-state index contributed by atoms with van der Waals surface area (Å²) in [6, 6.07) is 5.74. The van der Waals surface area contributed by atoms with Gasteiger partial charge in [-0.1, -0.05) is 19.1 Å². The minimum absolute atomic E-state index is 0.0316. The van der Waals surface area contributed by atoms with E-state index < -0.39 is 16.1 Å². The van der Waals surface area contributed by atoms with E-state index >= 15 is 0 Å². The molecule has 1 aromatic carbocycles. The van der Waals surface area contributed by atoms with Gasteiger partial charge < -0.3 is 5.11 Å². The minimum Gasteiger partial charge on any atom is -0.392 e. The Hall–Kier alpha value is -1.24. The summed E-state index contributed by atoms with van der Waals surface area (Å²) in [5.74, 6) is -0.0316. The van der Waals surface area contributed by atoms with Gasteiger partial charge in [0.05, 0.1) is 11.0 Å². The Kier molecular flexibility index (Phi) is 5.01. The van der Waals surface area contributed by atoms with Crippen LogP contribution in [0, 0.1) is 0 Å². The first kappa shape index (κ1) is 14.8. The molecule has 6 heteroatoms. The molecule has 0 saturated heterocycles. The highest BCUT2D eigenvalue weighted by atomic mass is 32.2. The molecule has 1 unspecified atom stereocenters. The van der Waals surface area contributed by atoms with E-state index in [-0.39, 0.29) is 17.2 Å². The molecule has 1 aromatic rings. The Labute approximate surface area is 107 Å². The van der Waals surface area contributed by atoms with Crippen molar-refractivity contribution in [3.05, 3.63) is 29.8 Å². The first-order chi connectivity index (χ1) is 8.36. The summed E-state index contributed by atoms with van der Waals surface area (Å²) in [6.07, 6.45) is -0.368. The first-order valence-corrected chi connectivity index (χ1v) is 7.16. The molecule has 100 valence electrons. The number of benzene rings is 1. The van der Waals surface area contributed by atoms with Crippen LogP contribution in [0.2, 0.25) is 0 Å².